The van der Waals surface area contributed by atoms with E-state index in [1.807, 2.05) is 6.07 Å². The fourth-order valence-corrected chi connectivity index (χ4v) is 2.43. The maximum atomic E-state index is 12.1. The topological polar surface area (TPSA) is 88.3 Å². The van der Waals surface area contributed by atoms with Crippen molar-refractivity contribution >= 4 is 17.5 Å². The summed E-state index contributed by atoms with van der Waals surface area (Å²) in [5.74, 6) is 1.01. The van der Waals surface area contributed by atoms with Crippen LogP contribution in [0.1, 0.15) is 34.1 Å². The second-order valence-electron chi connectivity index (χ2n) is 5.30. The number of fused-ring (bicyclic) bond motifs is 1. The normalized spacial score (nSPS) is 13.1. The molecule has 0 unspecified atom stereocenters. The number of amides is 2. The van der Waals surface area contributed by atoms with E-state index in [-0.39, 0.29) is 18.4 Å². The van der Waals surface area contributed by atoms with Crippen LogP contribution in [-0.4, -0.2) is 34.0 Å². The minimum Gasteiger partial charge on any atom is -0.424 e. The summed E-state index contributed by atoms with van der Waals surface area (Å²) in [5.41, 5.74) is 2.41. The number of nitrogens with zero attached hydrogens (tertiary/aromatic N) is 3. The van der Waals surface area contributed by atoms with Crippen molar-refractivity contribution in [3.63, 3.8) is 0 Å². The molecule has 7 heteroatoms. The number of hydrogen-bond donors (Lipinski definition) is 1. The predicted octanol–water partition coefficient (Wildman–Crippen LogP) is 2.17. The van der Waals surface area contributed by atoms with Crippen molar-refractivity contribution < 1.29 is 14.0 Å². The zero-order valence-corrected chi connectivity index (χ0v) is 12.4. The average molecular weight is 300 g/mol. The highest BCUT2D eigenvalue weighted by Crippen LogP contribution is 2.25. The summed E-state index contributed by atoms with van der Waals surface area (Å²) in [6, 6.07) is 5.08. The number of carbonyl (C=O) groups excluding carboxylic acids is 2. The molecule has 0 radical (unpaired) electrons. The van der Waals surface area contributed by atoms with Gasteiger partial charge in [0.1, 0.15) is 6.54 Å². The van der Waals surface area contributed by atoms with Gasteiger partial charge in [-0.1, -0.05) is 0 Å². The Morgan fingerprint density at radius 1 is 1.36 bits per heavy atom. The van der Waals surface area contributed by atoms with E-state index in [1.165, 1.54) is 4.90 Å². The number of aromatic nitrogens is 2. The lowest BCUT2D eigenvalue weighted by Gasteiger charge is -2.16. The molecular weight excluding hydrogens is 284 g/mol. The van der Waals surface area contributed by atoms with Gasteiger partial charge in [-0.15, -0.1) is 10.2 Å². The summed E-state index contributed by atoms with van der Waals surface area (Å²) >= 11 is 0. The average Bonchev–Trinajstić information content (AvgIpc) is 3.05. The van der Waals surface area contributed by atoms with E-state index >= 15 is 0 Å². The van der Waals surface area contributed by atoms with Gasteiger partial charge in [-0.2, -0.15) is 0 Å². The molecule has 3 rings (SSSR count). The zero-order valence-electron chi connectivity index (χ0n) is 12.4. The molecular formula is C15H16N4O3. The number of ketones is 1. The molecule has 0 aliphatic heterocycles. The van der Waals surface area contributed by atoms with E-state index in [4.69, 9.17) is 4.42 Å². The largest absolute Gasteiger partial charge is 0.424 e. The van der Waals surface area contributed by atoms with Crippen LogP contribution in [-0.2, 0) is 13.0 Å². The van der Waals surface area contributed by atoms with Gasteiger partial charge in [-0.25, -0.2) is 4.79 Å². The second kappa shape index (κ2) is 5.59. The molecule has 22 heavy (non-hydrogen) atoms. The fraction of sp³-hybridized carbons (Fsp3) is 0.333. The number of Topliss-reactive ketones (excluding diaryl/α,β-unsaturated/α-hetero) is 1. The van der Waals surface area contributed by atoms with Crippen LogP contribution in [0.5, 0.6) is 0 Å². The van der Waals surface area contributed by atoms with Crippen LogP contribution in [0, 0.1) is 6.92 Å². The number of carbonyl (C=O) groups is 2. The Kier molecular flexibility index (Phi) is 3.62. The third-order valence-corrected chi connectivity index (χ3v) is 3.57. The molecule has 0 bridgehead atoms. The highest BCUT2D eigenvalue weighted by molar-refractivity contribution is 6.01. The molecule has 0 saturated carbocycles. The lowest BCUT2D eigenvalue weighted by Crippen LogP contribution is -2.31. The van der Waals surface area contributed by atoms with Gasteiger partial charge in [0.05, 0.1) is 0 Å². The summed E-state index contributed by atoms with van der Waals surface area (Å²) < 4.78 is 5.25. The van der Waals surface area contributed by atoms with Crippen molar-refractivity contribution in [3.8, 4) is 0 Å². The standard InChI is InChI=1S/C15H16N4O3/c1-9-17-18-14(22-9)8-19(2)15(21)16-11-4-5-12-10(7-11)3-6-13(12)20/h4-5,7H,3,6,8H2,1-2H3,(H,16,21). The molecule has 2 aromatic rings. The van der Waals surface area contributed by atoms with Gasteiger partial charge in [0.2, 0.25) is 11.8 Å². The van der Waals surface area contributed by atoms with Gasteiger partial charge < -0.3 is 14.6 Å². The van der Waals surface area contributed by atoms with Crippen LogP contribution in [0.4, 0.5) is 10.5 Å². The number of benzene rings is 1. The molecule has 0 saturated heterocycles. The van der Waals surface area contributed by atoms with E-state index in [0.29, 0.717) is 23.9 Å². The van der Waals surface area contributed by atoms with Crippen LogP contribution in [0.25, 0.3) is 0 Å². The molecule has 0 atom stereocenters. The van der Waals surface area contributed by atoms with E-state index in [1.54, 1.807) is 26.1 Å². The van der Waals surface area contributed by atoms with Crippen molar-refractivity contribution in [1.82, 2.24) is 15.1 Å². The molecule has 0 spiro atoms. The third kappa shape index (κ3) is 2.83. The Morgan fingerprint density at radius 2 is 2.18 bits per heavy atom. The SMILES string of the molecule is Cc1nnc(CN(C)C(=O)Nc2ccc3c(c2)CCC3=O)o1. The summed E-state index contributed by atoms with van der Waals surface area (Å²) in [6.45, 7) is 1.93. The Morgan fingerprint density at radius 3 is 2.91 bits per heavy atom. The summed E-state index contributed by atoms with van der Waals surface area (Å²) in [4.78, 5) is 25.2. The quantitative estimate of drug-likeness (QED) is 0.938. The Labute approximate surface area is 127 Å². The molecule has 114 valence electrons. The number of hydrogen-bond acceptors (Lipinski definition) is 5. The van der Waals surface area contributed by atoms with Crippen molar-refractivity contribution in [2.75, 3.05) is 12.4 Å². The number of rotatable bonds is 3. The summed E-state index contributed by atoms with van der Waals surface area (Å²) in [7, 11) is 1.64. The van der Waals surface area contributed by atoms with Crippen LogP contribution in [0.15, 0.2) is 22.6 Å². The van der Waals surface area contributed by atoms with E-state index < -0.39 is 0 Å². The molecule has 1 N–H and O–H groups in total. The smallest absolute Gasteiger partial charge is 0.322 e. The molecule has 7 nitrogen and oxygen atoms in total. The van der Waals surface area contributed by atoms with Crippen LogP contribution >= 0.6 is 0 Å². The second-order valence-corrected chi connectivity index (χ2v) is 5.30. The maximum absolute atomic E-state index is 12.1. The van der Waals surface area contributed by atoms with Crippen molar-refractivity contribution in [3.05, 3.63) is 41.1 Å². The molecule has 2 amide bonds. The molecule has 1 heterocycles. The monoisotopic (exact) mass is 300 g/mol. The Hall–Kier alpha value is -2.70. The first-order chi connectivity index (χ1) is 10.5. The summed E-state index contributed by atoms with van der Waals surface area (Å²) in [6.07, 6.45) is 1.28. The highest BCUT2D eigenvalue weighted by atomic mass is 16.4. The highest BCUT2D eigenvalue weighted by Gasteiger charge is 2.20. The van der Waals surface area contributed by atoms with E-state index in [9.17, 15) is 9.59 Å². The van der Waals surface area contributed by atoms with Crippen molar-refractivity contribution in [2.24, 2.45) is 0 Å². The van der Waals surface area contributed by atoms with E-state index in [0.717, 1.165) is 17.5 Å². The van der Waals surface area contributed by atoms with Gasteiger partial charge in [0, 0.05) is 31.6 Å². The molecule has 1 aromatic carbocycles. The third-order valence-electron chi connectivity index (χ3n) is 3.57. The molecule has 1 aliphatic rings. The predicted molar refractivity (Wildman–Crippen MR) is 78.6 cm³/mol. The Bertz CT molecular complexity index is 738. The van der Waals surface area contributed by atoms with Gasteiger partial charge >= 0.3 is 6.03 Å². The summed E-state index contributed by atoms with van der Waals surface area (Å²) in [5, 5.41) is 10.4. The number of anilines is 1. The first-order valence-corrected chi connectivity index (χ1v) is 7.00. The van der Waals surface area contributed by atoms with Gasteiger partial charge in [0.15, 0.2) is 5.78 Å². The zero-order chi connectivity index (χ0) is 15.7. The number of urea groups is 1. The molecule has 1 aliphatic carbocycles. The lowest BCUT2D eigenvalue weighted by molar-refractivity contribution is 0.0994. The molecule has 0 fully saturated rings. The van der Waals surface area contributed by atoms with Gasteiger partial charge in [-0.3, -0.25) is 4.79 Å². The Balaban J connectivity index is 1.65. The van der Waals surface area contributed by atoms with Gasteiger partial charge in [-0.05, 0) is 30.2 Å². The minimum atomic E-state index is -0.278. The first kappa shape index (κ1) is 14.2. The van der Waals surface area contributed by atoms with Crippen LogP contribution in [0.2, 0.25) is 0 Å². The van der Waals surface area contributed by atoms with E-state index in [2.05, 4.69) is 15.5 Å². The minimum absolute atomic E-state index is 0.164. The van der Waals surface area contributed by atoms with Crippen LogP contribution in [0.3, 0.4) is 0 Å². The first-order valence-electron chi connectivity index (χ1n) is 7.00. The van der Waals surface area contributed by atoms with Gasteiger partial charge in [0.25, 0.3) is 0 Å². The fourth-order valence-electron chi connectivity index (χ4n) is 2.43. The number of aryl methyl sites for hydroxylation is 2. The lowest BCUT2D eigenvalue weighted by atomic mass is 10.1. The maximum Gasteiger partial charge on any atom is 0.322 e. The van der Waals surface area contributed by atoms with Crippen molar-refractivity contribution in [2.45, 2.75) is 26.3 Å². The number of nitrogens with one attached hydrogen (secondary N) is 1. The van der Waals surface area contributed by atoms with Crippen molar-refractivity contribution in [1.29, 1.82) is 0 Å². The van der Waals surface area contributed by atoms with Crippen LogP contribution < -0.4 is 5.32 Å². The molecule has 1 aromatic heterocycles.